The van der Waals surface area contributed by atoms with Crippen LogP contribution in [-0.4, -0.2) is 28.4 Å². The van der Waals surface area contributed by atoms with E-state index in [1.807, 2.05) is 0 Å². The predicted molar refractivity (Wildman–Crippen MR) is 75.1 cm³/mol. The zero-order valence-corrected chi connectivity index (χ0v) is 11.8. The molecular formula is C14H22N2OS. The lowest BCUT2D eigenvalue weighted by Gasteiger charge is -2.46. The van der Waals surface area contributed by atoms with Crippen molar-refractivity contribution in [2.45, 2.75) is 51.5 Å². The Morgan fingerprint density at radius 3 is 2.33 bits per heavy atom. The number of nitrogens with two attached hydrogens (primary N) is 1. The molecule has 4 heteroatoms. The maximum atomic E-state index is 12.8. The number of hydrogen-bond donors (Lipinski definition) is 1. The fourth-order valence-electron chi connectivity index (χ4n) is 3.25. The maximum absolute atomic E-state index is 12.8. The third-order valence-electron chi connectivity index (χ3n) is 4.68. The summed E-state index contributed by atoms with van der Waals surface area (Å²) in [5, 5.41) is 0. The maximum Gasteiger partial charge on any atom is 0.235 e. The molecule has 0 heterocycles. The first kappa shape index (κ1) is 12.4. The van der Waals surface area contributed by atoms with Gasteiger partial charge in [0.1, 0.15) is 0 Å². The Balaban J connectivity index is 1.75. The highest BCUT2D eigenvalue weighted by atomic mass is 32.1. The molecular weight excluding hydrogens is 244 g/mol. The molecule has 3 fully saturated rings. The average molecular weight is 266 g/mol. The molecule has 18 heavy (non-hydrogen) atoms. The minimum atomic E-state index is -0.494. The Morgan fingerprint density at radius 1 is 1.33 bits per heavy atom. The van der Waals surface area contributed by atoms with Crippen LogP contribution < -0.4 is 5.73 Å². The van der Waals surface area contributed by atoms with Crippen molar-refractivity contribution in [3.63, 3.8) is 0 Å². The quantitative estimate of drug-likeness (QED) is 0.775. The second kappa shape index (κ2) is 4.19. The molecule has 0 aromatic heterocycles. The third-order valence-corrected chi connectivity index (χ3v) is 5.07. The zero-order valence-electron chi connectivity index (χ0n) is 11.0. The Bertz CT molecular complexity index is 381. The van der Waals surface area contributed by atoms with Gasteiger partial charge in [0, 0.05) is 12.6 Å². The molecule has 2 N–H and O–H groups in total. The van der Waals surface area contributed by atoms with Crippen molar-refractivity contribution in [1.82, 2.24) is 4.90 Å². The highest BCUT2D eigenvalue weighted by Gasteiger charge is 2.54. The molecule has 3 rings (SSSR count). The zero-order chi connectivity index (χ0) is 12.9. The Morgan fingerprint density at radius 2 is 1.94 bits per heavy atom. The topological polar surface area (TPSA) is 46.3 Å². The van der Waals surface area contributed by atoms with Crippen molar-refractivity contribution in [3.05, 3.63) is 0 Å². The van der Waals surface area contributed by atoms with Crippen LogP contribution in [-0.2, 0) is 4.79 Å². The molecule has 0 saturated heterocycles. The fourth-order valence-corrected chi connectivity index (χ4v) is 3.50. The van der Waals surface area contributed by atoms with Crippen LogP contribution in [0.25, 0.3) is 0 Å². The van der Waals surface area contributed by atoms with E-state index in [9.17, 15) is 4.79 Å². The fraction of sp³-hybridized carbons (Fsp3) is 0.857. The summed E-state index contributed by atoms with van der Waals surface area (Å²) in [6, 6.07) is 0.486. The Labute approximate surface area is 114 Å². The summed E-state index contributed by atoms with van der Waals surface area (Å²) in [5.74, 6) is 1.57. The van der Waals surface area contributed by atoms with E-state index < -0.39 is 5.41 Å². The summed E-state index contributed by atoms with van der Waals surface area (Å²) < 4.78 is 0. The van der Waals surface area contributed by atoms with Gasteiger partial charge in [0.05, 0.1) is 10.4 Å². The van der Waals surface area contributed by atoms with Crippen LogP contribution in [0.15, 0.2) is 0 Å². The van der Waals surface area contributed by atoms with Gasteiger partial charge in [-0.1, -0.05) is 19.1 Å². The van der Waals surface area contributed by atoms with E-state index in [1.54, 1.807) is 0 Å². The van der Waals surface area contributed by atoms with Crippen LogP contribution in [0.2, 0.25) is 0 Å². The molecule has 3 nitrogen and oxygen atoms in total. The molecule has 3 aliphatic rings. The van der Waals surface area contributed by atoms with Crippen LogP contribution in [0, 0.1) is 17.3 Å². The van der Waals surface area contributed by atoms with Gasteiger partial charge >= 0.3 is 0 Å². The monoisotopic (exact) mass is 266 g/mol. The smallest absolute Gasteiger partial charge is 0.235 e. The number of thiocarbonyl (C=S) groups is 1. The molecule has 100 valence electrons. The highest BCUT2D eigenvalue weighted by molar-refractivity contribution is 7.80. The van der Waals surface area contributed by atoms with E-state index in [2.05, 4.69) is 11.8 Å². The largest absolute Gasteiger partial charge is 0.392 e. The van der Waals surface area contributed by atoms with Gasteiger partial charge in [-0.25, -0.2) is 0 Å². The lowest BCUT2D eigenvalue weighted by Crippen LogP contribution is -2.57. The van der Waals surface area contributed by atoms with Gasteiger partial charge in [-0.15, -0.1) is 0 Å². The molecule has 3 saturated carbocycles. The lowest BCUT2D eigenvalue weighted by atomic mass is 9.61. The van der Waals surface area contributed by atoms with Gasteiger partial charge in [0.25, 0.3) is 0 Å². The van der Waals surface area contributed by atoms with E-state index >= 15 is 0 Å². The second-order valence-corrected chi connectivity index (χ2v) is 7.03. The van der Waals surface area contributed by atoms with Crippen LogP contribution in [0.3, 0.4) is 0 Å². The van der Waals surface area contributed by atoms with Gasteiger partial charge in [0.2, 0.25) is 5.91 Å². The number of carbonyl (C=O) groups excluding carboxylic acids is 1. The first-order chi connectivity index (χ1) is 8.53. The van der Waals surface area contributed by atoms with Gasteiger partial charge < -0.3 is 10.6 Å². The van der Waals surface area contributed by atoms with Crippen molar-refractivity contribution in [2.24, 2.45) is 23.0 Å². The lowest BCUT2D eigenvalue weighted by molar-refractivity contribution is -0.145. The van der Waals surface area contributed by atoms with E-state index in [4.69, 9.17) is 18.0 Å². The first-order valence-corrected chi connectivity index (χ1v) is 7.55. The third kappa shape index (κ3) is 2.04. The SMILES string of the molecule is CC1CC(C(=O)N(CC2CC2)C2CC2)(C(N)=S)C1. The number of amides is 1. The minimum absolute atomic E-state index is 0.238. The van der Waals surface area contributed by atoms with E-state index in [-0.39, 0.29) is 5.91 Å². The van der Waals surface area contributed by atoms with Crippen molar-refractivity contribution in [1.29, 1.82) is 0 Å². The van der Waals surface area contributed by atoms with Crippen molar-refractivity contribution >= 4 is 23.1 Å². The van der Waals surface area contributed by atoms with Gasteiger partial charge in [-0.3, -0.25) is 4.79 Å². The number of hydrogen-bond acceptors (Lipinski definition) is 2. The normalized spacial score (nSPS) is 34.8. The molecule has 3 aliphatic carbocycles. The van der Waals surface area contributed by atoms with E-state index in [1.165, 1.54) is 25.7 Å². The molecule has 0 unspecified atom stereocenters. The highest BCUT2D eigenvalue weighted by Crippen LogP contribution is 2.49. The molecule has 0 spiro atoms. The van der Waals surface area contributed by atoms with Gasteiger partial charge in [-0.2, -0.15) is 0 Å². The Kier molecular flexibility index (Phi) is 2.88. The molecule has 0 aliphatic heterocycles. The van der Waals surface area contributed by atoms with E-state index in [0.29, 0.717) is 16.9 Å². The molecule has 0 aromatic rings. The second-order valence-electron chi connectivity index (χ2n) is 6.59. The summed E-state index contributed by atoms with van der Waals surface area (Å²) in [4.78, 5) is 15.4. The summed E-state index contributed by atoms with van der Waals surface area (Å²) in [6.45, 7) is 3.12. The first-order valence-electron chi connectivity index (χ1n) is 7.14. The van der Waals surface area contributed by atoms with Gasteiger partial charge in [-0.05, 0) is 50.4 Å². The molecule has 0 aromatic carbocycles. The van der Waals surface area contributed by atoms with Crippen molar-refractivity contribution in [2.75, 3.05) is 6.54 Å². The van der Waals surface area contributed by atoms with Gasteiger partial charge in [0.15, 0.2) is 0 Å². The summed E-state index contributed by atoms with van der Waals surface area (Å²) in [5.41, 5.74) is 5.39. The number of carbonyl (C=O) groups is 1. The molecule has 0 radical (unpaired) electrons. The number of nitrogens with zero attached hydrogens (tertiary/aromatic N) is 1. The summed E-state index contributed by atoms with van der Waals surface area (Å²) in [7, 11) is 0. The number of rotatable bonds is 5. The van der Waals surface area contributed by atoms with E-state index in [0.717, 1.165) is 25.3 Å². The van der Waals surface area contributed by atoms with Crippen molar-refractivity contribution < 1.29 is 4.79 Å². The summed E-state index contributed by atoms with van der Waals surface area (Å²) >= 11 is 5.20. The standard InChI is InChI=1S/C14H22N2OS/c1-9-6-14(7-9,12(15)18)13(17)16(11-4-5-11)8-10-2-3-10/h9-11H,2-8H2,1H3,(H2,15,18). The Hall–Kier alpha value is -0.640. The predicted octanol–water partition coefficient (Wildman–Crippen LogP) is 2.09. The van der Waals surface area contributed by atoms with Crippen LogP contribution in [0.5, 0.6) is 0 Å². The van der Waals surface area contributed by atoms with Crippen LogP contribution in [0.1, 0.15) is 45.4 Å². The van der Waals surface area contributed by atoms with Crippen molar-refractivity contribution in [3.8, 4) is 0 Å². The molecule has 0 atom stereocenters. The van der Waals surface area contributed by atoms with Crippen LogP contribution in [0.4, 0.5) is 0 Å². The minimum Gasteiger partial charge on any atom is -0.392 e. The molecule has 0 bridgehead atoms. The van der Waals surface area contributed by atoms with Crippen LogP contribution >= 0.6 is 12.2 Å². The average Bonchev–Trinajstić information content (AvgIpc) is 3.12. The molecule has 1 amide bonds. The summed E-state index contributed by atoms with van der Waals surface area (Å²) in [6.07, 6.45) is 6.62.